The highest BCUT2D eigenvalue weighted by Crippen LogP contribution is 2.33. The topological polar surface area (TPSA) is 71.5 Å². The van der Waals surface area contributed by atoms with E-state index in [1.165, 1.54) is 0 Å². The van der Waals surface area contributed by atoms with Crippen molar-refractivity contribution in [2.75, 3.05) is 24.8 Å². The van der Waals surface area contributed by atoms with Crippen molar-refractivity contribution in [2.45, 2.75) is 26.3 Å². The second-order valence-electron chi connectivity index (χ2n) is 8.30. The van der Waals surface area contributed by atoms with Gasteiger partial charge in [-0.05, 0) is 31.5 Å². The molecule has 3 heterocycles. The van der Waals surface area contributed by atoms with E-state index in [2.05, 4.69) is 16.4 Å². The number of nitrogens with one attached hydrogen (secondary N) is 1. The molecule has 1 aromatic heterocycles. The highest BCUT2D eigenvalue weighted by molar-refractivity contribution is 7.99. The number of carbonyl (C=O) groups excluding carboxylic acids is 2. The third kappa shape index (κ3) is 4.37. The molecule has 1 N–H and O–H groups in total. The molecule has 8 heteroatoms. The van der Waals surface area contributed by atoms with Crippen molar-refractivity contribution < 1.29 is 14.3 Å². The number of aromatic nitrogens is 1. The molecule has 2 aliphatic heterocycles. The van der Waals surface area contributed by atoms with Gasteiger partial charge in [0.25, 0.3) is 11.8 Å². The van der Waals surface area contributed by atoms with Crippen LogP contribution in [0.4, 0.5) is 0 Å². The lowest BCUT2D eigenvalue weighted by atomic mass is 10.0. The van der Waals surface area contributed by atoms with E-state index >= 15 is 0 Å². The van der Waals surface area contributed by atoms with Crippen LogP contribution < -0.4 is 10.1 Å². The van der Waals surface area contributed by atoms with Gasteiger partial charge in [-0.2, -0.15) is 0 Å². The van der Waals surface area contributed by atoms with Gasteiger partial charge in [0.15, 0.2) is 0 Å². The second-order valence-corrected chi connectivity index (χ2v) is 10.5. The number of thioether (sulfide) groups is 1. The van der Waals surface area contributed by atoms with E-state index in [0.717, 1.165) is 44.5 Å². The summed E-state index contributed by atoms with van der Waals surface area (Å²) >= 11 is 3.25. The van der Waals surface area contributed by atoms with E-state index in [9.17, 15) is 9.59 Å². The standard InChI is InChI=1S/C25H25N3O3S2/c1-15-5-3-6-17(11-15)23-22(27-16(2)33-23)25(30)28-14-32-13-18(28)12-26-24(29)20-7-4-8-21-19(20)9-10-31-21/h3-8,11,18H,9-10,12-14H2,1-2H3,(H,26,29)/t18-/m1/s1. The average molecular weight is 480 g/mol. The number of benzene rings is 2. The molecule has 2 aromatic carbocycles. The van der Waals surface area contributed by atoms with Gasteiger partial charge < -0.3 is 15.0 Å². The van der Waals surface area contributed by atoms with Crippen LogP contribution in [-0.4, -0.2) is 52.5 Å². The molecule has 0 aliphatic carbocycles. The fourth-order valence-corrected chi connectivity index (χ4v) is 6.41. The molecule has 6 nitrogen and oxygen atoms in total. The van der Waals surface area contributed by atoms with Crippen molar-refractivity contribution in [3.8, 4) is 16.2 Å². The maximum atomic E-state index is 13.5. The molecule has 1 fully saturated rings. The number of hydrogen-bond acceptors (Lipinski definition) is 6. The lowest BCUT2D eigenvalue weighted by Gasteiger charge is -2.24. The van der Waals surface area contributed by atoms with Gasteiger partial charge >= 0.3 is 0 Å². The SMILES string of the molecule is Cc1cccc(-c2sc(C)nc2C(=O)N2CSC[C@H]2CNC(=O)c2cccc3c2CCO3)c1. The summed E-state index contributed by atoms with van der Waals surface area (Å²) in [6, 6.07) is 13.7. The number of carbonyl (C=O) groups is 2. The number of thiazole rings is 1. The van der Waals surface area contributed by atoms with Crippen molar-refractivity contribution in [1.82, 2.24) is 15.2 Å². The van der Waals surface area contributed by atoms with Crippen molar-refractivity contribution in [3.05, 3.63) is 69.9 Å². The van der Waals surface area contributed by atoms with Crippen LogP contribution in [0.25, 0.3) is 10.4 Å². The van der Waals surface area contributed by atoms with Gasteiger partial charge in [-0.3, -0.25) is 9.59 Å². The minimum absolute atomic E-state index is 0.0749. The Bertz CT molecular complexity index is 1220. The van der Waals surface area contributed by atoms with Crippen molar-refractivity contribution in [2.24, 2.45) is 0 Å². The Morgan fingerprint density at radius 1 is 1.21 bits per heavy atom. The minimum Gasteiger partial charge on any atom is -0.493 e. The molecule has 2 amide bonds. The molecule has 2 aliphatic rings. The van der Waals surface area contributed by atoms with Gasteiger partial charge in [-0.1, -0.05) is 35.9 Å². The summed E-state index contributed by atoms with van der Waals surface area (Å²) in [6.45, 7) is 4.99. The largest absolute Gasteiger partial charge is 0.493 e. The van der Waals surface area contributed by atoms with Crippen molar-refractivity contribution >= 4 is 34.9 Å². The van der Waals surface area contributed by atoms with Crippen LogP contribution >= 0.6 is 23.1 Å². The Hall–Kier alpha value is -2.84. The predicted octanol–water partition coefficient (Wildman–Crippen LogP) is 4.31. The molecule has 0 unspecified atom stereocenters. The highest BCUT2D eigenvalue weighted by Gasteiger charge is 2.33. The first-order valence-corrected chi connectivity index (χ1v) is 12.9. The van der Waals surface area contributed by atoms with E-state index in [-0.39, 0.29) is 17.9 Å². The summed E-state index contributed by atoms with van der Waals surface area (Å²) < 4.78 is 5.58. The maximum absolute atomic E-state index is 13.5. The van der Waals surface area contributed by atoms with Crippen LogP contribution in [0.5, 0.6) is 5.75 Å². The monoisotopic (exact) mass is 479 g/mol. The Balaban J connectivity index is 1.32. The fraction of sp³-hybridized carbons (Fsp3) is 0.320. The van der Waals surface area contributed by atoms with Crippen molar-refractivity contribution in [3.63, 3.8) is 0 Å². The lowest BCUT2D eigenvalue weighted by molar-refractivity contribution is 0.0731. The Kier molecular flexibility index (Phi) is 6.12. The summed E-state index contributed by atoms with van der Waals surface area (Å²) in [6.07, 6.45) is 0.744. The number of fused-ring (bicyclic) bond motifs is 1. The quantitative estimate of drug-likeness (QED) is 0.591. The summed E-state index contributed by atoms with van der Waals surface area (Å²) in [5.74, 6) is 1.97. The van der Waals surface area contributed by atoms with Crippen molar-refractivity contribution in [1.29, 1.82) is 0 Å². The number of rotatable bonds is 5. The van der Waals surface area contributed by atoms with Crippen LogP contribution in [0, 0.1) is 13.8 Å². The number of hydrogen-bond donors (Lipinski definition) is 1. The molecule has 0 bridgehead atoms. The zero-order chi connectivity index (χ0) is 22.9. The van der Waals surface area contributed by atoms with Gasteiger partial charge in [0.05, 0.1) is 28.4 Å². The molecule has 1 atom stereocenters. The first-order chi connectivity index (χ1) is 16.0. The minimum atomic E-state index is -0.119. The van der Waals surface area contributed by atoms with E-state index in [1.807, 2.05) is 55.1 Å². The normalized spacial score (nSPS) is 17.0. The molecule has 170 valence electrons. The Labute approximate surface area is 201 Å². The van der Waals surface area contributed by atoms with E-state index in [1.54, 1.807) is 23.1 Å². The summed E-state index contributed by atoms with van der Waals surface area (Å²) in [4.78, 5) is 33.8. The second kappa shape index (κ2) is 9.19. The fourth-order valence-electron chi connectivity index (χ4n) is 4.31. The van der Waals surface area contributed by atoms with E-state index < -0.39 is 0 Å². The van der Waals surface area contributed by atoms with Crippen LogP contribution in [0.3, 0.4) is 0 Å². The zero-order valence-electron chi connectivity index (χ0n) is 18.6. The first kappa shape index (κ1) is 22.0. The van der Waals surface area contributed by atoms with Gasteiger partial charge in [-0.25, -0.2) is 4.98 Å². The number of amides is 2. The summed E-state index contributed by atoms with van der Waals surface area (Å²) in [7, 11) is 0. The Morgan fingerprint density at radius 3 is 2.91 bits per heavy atom. The first-order valence-electron chi connectivity index (χ1n) is 11.0. The average Bonchev–Trinajstić information content (AvgIpc) is 3.55. The molecule has 0 radical (unpaired) electrons. The summed E-state index contributed by atoms with van der Waals surface area (Å²) in [5.41, 5.74) is 4.28. The third-order valence-corrected chi connectivity index (χ3v) is 8.05. The highest BCUT2D eigenvalue weighted by atomic mass is 32.2. The molecule has 0 spiro atoms. The van der Waals surface area contributed by atoms with Crippen LogP contribution in [0.15, 0.2) is 42.5 Å². The molecule has 33 heavy (non-hydrogen) atoms. The molecular formula is C25H25N3O3S2. The smallest absolute Gasteiger partial charge is 0.275 e. The number of aryl methyl sites for hydroxylation is 2. The maximum Gasteiger partial charge on any atom is 0.275 e. The van der Waals surface area contributed by atoms with Crippen LogP contribution in [-0.2, 0) is 6.42 Å². The molecule has 5 rings (SSSR count). The van der Waals surface area contributed by atoms with Gasteiger partial charge in [0, 0.05) is 29.8 Å². The summed E-state index contributed by atoms with van der Waals surface area (Å²) in [5, 5.41) is 3.91. The van der Waals surface area contributed by atoms with Gasteiger partial charge in [0.1, 0.15) is 11.4 Å². The molecular weight excluding hydrogens is 454 g/mol. The van der Waals surface area contributed by atoms with E-state index in [4.69, 9.17) is 4.74 Å². The van der Waals surface area contributed by atoms with Crippen LogP contribution in [0.1, 0.15) is 37.0 Å². The Morgan fingerprint density at radius 2 is 2.06 bits per heavy atom. The number of ether oxygens (including phenoxy) is 1. The third-order valence-electron chi connectivity index (χ3n) is 5.94. The predicted molar refractivity (Wildman–Crippen MR) is 132 cm³/mol. The molecule has 0 saturated carbocycles. The molecule has 3 aromatic rings. The van der Waals surface area contributed by atoms with Gasteiger partial charge in [0.2, 0.25) is 0 Å². The zero-order valence-corrected chi connectivity index (χ0v) is 20.2. The lowest BCUT2D eigenvalue weighted by Crippen LogP contribution is -2.44. The van der Waals surface area contributed by atoms with E-state index in [0.29, 0.717) is 30.3 Å². The molecule has 1 saturated heterocycles. The van der Waals surface area contributed by atoms with Crippen LogP contribution in [0.2, 0.25) is 0 Å². The number of nitrogens with zero attached hydrogens (tertiary/aromatic N) is 2. The van der Waals surface area contributed by atoms with Gasteiger partial charge in [-0.15, -0.1) is 23.1 Å².